The molecule has 0 fully saturated rings. The summed E-state index contributed by atoms with van der Waals surface area (Å²) in [5.41, 5.74) is 0. The lowest BCUT2D eigenvalue weighted by atomic mass is 10.1. The van der Waals surface area contributed by atoms with Crippen molar-refractivity contribution in [2.45, 2.75) is 64.4 Å². The quantitative estimate of drug-likeness (QED) is 0.597. The molecule has 0 aromatic carbocycles. The molecule has 0 aliphatic carbocycles. The predicted octanol–water partition coefficient (Wildman–Crippen LogP) is 4.34. The normalized spacial score (nSPS) is 14.2. The van der Waals surface area contributed by atoms with Crippen molar-refractivity contribution in [2.75, 3.05) is 0 Å². The van der Waals surface area contributed by atoms with Gasteiger partial charge in [-0.05, 0) is 17.6 Å². The van der Waals surface area contributed by atoms with Crippen molar-refractivity contribution in [1.29, 1.82) is 0 Å². The summed E-state index contributed by atoms with van der Waals surface area (Å²) in [4.78, 5) is 0. The van der Waals surface area contributed by atoms with Crippen molar-refractivity contribution in [3.63, 3.8) is 0 Å². The zero-order valence-electron chi connectivity index (χ0n) is 9.26. The van der Waals surface area contributed by atoms with Gasteiger partial charge in [0.05, 0.1) is 0 Å². The van der Waals surface area contributed by atoms with Gasteiger partial charge in [0.15, 0.2) is 0 Å². The Balaban J connectivity index is 3.25. The maximum atomic E-state index is 2.35. The van der Waals surface area contributed by atoms with Gasteiger partial charge in [-0.1, -0.05) is 47.5 Å². The number of hydrogen-bond donors (Lipinski definition) is 0. The van der Waals surface area contributed by atoms with Gasteiger partial charge >= 0.3 is 0 Å². The minimum Gasteiger partial charge on any atom is -0.156 e. The van der Waals surface area contributed by atoms with Gasteiger partial charge in [-0.3, -0.25) is 0 Å². The SMILES string of the molecule is CC(C)CCCC(C)SC(C)C. The van der Waals surface area contributed by atoms with Crippen LogP contribution in [0.3, 0.4) is 0 Å². The van der Waals surface area contributed by atoms with Crippen LogP contribution >= 0.6 is 11.8 Å². The lowest BCUT2D eigenvalue weighted by Gasteiger charge is -2.14. The Morgan fingerprint density at radius 1 is 0.917 bits per heavy atom. The van der Waals surface area contributed by atoms with Gasteiger partial charge in [0.1, 0.15) is 0 Å². The molecule has 0 saturated heterocycles. The third kappa shape index (κ3) is 8.45. The maximum absolute atomic E-state index is 2.35. The molecule has 0 aromatic heterocycles. The average Bonchev–Trinajstić information content (AvgIpc) is 1.84. The molecular weight excluding hydrogens is 164 g/mol. The summed E-state index contributed by atoms with van der Waals surface area (Å²) in [6.45, 7) is 11.5. The van der Waals surface area contributed by atoms with E-state index in [4.69, 9.17) is 0 Å². The van der Waals surface area contributed by atoms with E-state index in [0.29, 0.717) is 0 Å². The molecule has 0 heterocycles. The van der Waals surface area contributed by atoms with E-state index in [0.717, 1.165) is 16.4 Å². The Kier molecular flexibility index (Phi) is 7.02. The van der Waals surface area contributed by atoms with Crippen LogP contribution in [0.4, 0.5) is 0 Å². The lowest BCUT2D eigenvalue weighted by Crippen LogP contribution is -2.02. The molecule has 1 heteroatoms. The van der Waals surface area contributed by atoms with Gasteiger partial charge in [-0.15, -0.1) is 0 Å². The molecule has 0 radical (unpaired) electrons. The molecule has 0 nitrogen and oxygen atoms in total. The summed E-state index contributed by atoms with van der Waals surface area (Å²) in [7, 11) is 0. The zero-order chi connectivity index (χ0) is 9.56. The second-order valence-electron chi connectivity index (χ2n) is 4.32. The average molecular weight is 188 g/mol. The molecule has 0 aliphatic heterocycles. The van der Waals surface area contributed by atoms with E-state index >= 15 is 0 Å². The van der Waals surface area contributed by atoms with E-state index in [2.05, 4.69) is 46.4 Å². The van der Waals surface area contributed by atoms with Gasteiger partial charge in [0.2, 0.25) is 0 Å². The highest BCUT2D eigenvalue weighted by molar-refractivity contribution is 8.00. The highest BCUT2D eigenvalue weighted by Gasteiger charge is 2.05. The topological polar surface area (TPSA) is 0 Å². The first kappa shape index (κ1) is 12.3. The third-order valence-corrected chi connectivity index (χ3v) is 3.14. The van der Waals surface area contributed by atoms with E-state index in [1.165, 1.54) is 19.3 Å². The highest BCUT2D eigenvalue weighted by Crippen LogP contribution is 2.22. The molecule has 0 bridgehead atoms. The minimum atomic E-state index is 0.791. The largest absolute Gasteiger partial charge is 0.156 e. The molecule has 1 unspecified atom stereocenters. The summed E-state index contributed by atoms with van der Waals surface area (Å²) in [6.07, 6.45) is 4.18. The van der Waals surface area contributed by atoms with Crippen molar-refractivity contribution >= 4 is 11.8 Å². The van der Waals surface area contributed by atoms with E-state index in [-0.39, 0.29) is 0 Å². The summed E-state index contributed by atoms with van der Waals surface area (Å²) in [5.74, 6) is 0.876. The molecule has 12 heavy (non-hydrogen) atoms. The Hall–Kier alpha value is 0.350. The second kappa shape index (κ2) is 6.82. The molecule has 0 aliphatic rings. The number of hydrogen-bond acceptors (Lipinski definition) is 1. The van der Waals surface area contributed by atoms with E-state index in [1.807, 2.05) is 0 Å². The van der Waals surface area contributed by atoms with Crippen molar-refractivity contribution in [1.82, 2.24) is 0 Å². The smallest absolute Gasteiger partial charge is 0.00212 e. The molecule has 0 rings (SSSR count). The van der Waals surface area contributed by atoms with E-state index in [1.54, 1.807) is 0 Å². The molecule has 0 spiro atoms. The van der Waals surface area contributed by atoms with Crippen molar-refractivity contribution < 1.29 is 0 Å². The van der Waals surface area contributed by atoms with Crippen LogP contribution in [0.5, 0.6) is 0 Å². The summed E-state index contributed by atoms with van der Waals surface area (Å²) < 4.78 is 0. The molecular formula is C11H24S. The second-order valence-corrected chi connectivity index (χ2v) is 6.34. The maximum Gasteiger partial charge on any atom is 0.00212 e. The minimum absolute atomic E-state index is 0.791. The lowest BCUT2D eigenvalue weighted by molar-refractivity contribution is 0.537. The summed E-state index contributed by atoms with van der Waals surface area (Å²) in [5, 5.41) is 1.64. The van der Waals surface area contributed by atoms with Crippen LogP contribution in [-0.4, -0.2) is 10.5 Å². The van der Waals surface area contributed by atoms with Crippen LogP contribution in [0.15, 0.2) is 0 Å². The third-order valence-electron chi connectivity index (χ3n) is 1.90. The first-order valence-corrected chi connectivity index (χ1v) is 6.12. The van der Waals surface area contributed by atoms with Crippen molar-refractivity contribution in [3.05, 3.63) is 0 Å². The first-order valence-electron chi connectivity index (χ1n) is 5.17. The van der Waals surface area contributed by atoms with Crippen molar-refractivity contribution in [3.8, 4) is 0 Å². The Bertz CT molecular complexity index is 97.2. The fourth-order valence-corrected chi connectivity index (χ4v) is 2.58. The van der Waals surface area contributed by atoms with Gasteiger partial charge < -0.3 is 0 Å². The van der Waals surface area contributed by atoms with Crippen molar-refractivity contribution in [2.24, 2.45) is 5.92 Å². The number of rotatable bonds is 6. The van der Waals surface area contributed by atoms with Crippen LogP contribution in [-0.2, 0) is 0 Å². The van der Waals surface area contributed by atoms with Crippen LogP contribution in [0.2, 0.25) is 0 Å². The number of thioether (sulfide) groups is 1. The first-order chi connectivity index (χ1) is 5.52. The molecule has 1 atom stereocenters. The van der Waals surface area contributed by atoms with Gasteiger partial charge in [-0.2, -0.15) is 11.8 Å². The van der Waals surface area contributed by atoms with Gasteiger partial charge in [-0.25, -0.2) is 0 Å². The fraction of sp³-hybridized carbons (Fsp3) is 1.00. The van der Waals surface area contributed by atoms with E-state index in [9.17, 15) is 0 Å². The van der Waals surface area contributed by atoms with Gasteiger partial charge in [0, 0.05) is 5.25 Å². The molecule has 0 amide bonds. The van der Waals surface area contributed by atoms with Crippen LogP contribution in [0.1, 0.15) is 53.9 Å². The van der Waals surface area contributed by atoms with Crippen LogP contribution in [0, 0.1) is 5.92 Å². The zero-order valence-corrected chi connectivity index (χ0v) is 10.1. The predicted molar refractivity (Wildman–Crippen MR) is 60.9 cm³/mol. The summed E-state index contributed by atoms with van der Waals surface area (Å²) in [6, 6.07) is 0. The van der Waals surface area contributed by atoms with Gasteiger partial charge in [0.25, 0.3) is 0 Å². The standard InChI is InChI=1S/C11H24S/c1-9(2)7-6-8-11(5)12-10(3)4/h9-11H,6-8H2,1-5H3. The molecule has 0 N–H and O–H groups in total. The molecule has 0 aromatic rings. The van der Waals surface area contributed by atoms with E-state index < -0.39 is 0 Å². The highest BCUT2D eigenvalue weighted by atomic mass is 32.2. The van der Waals surface area contributed by atoms with Crippen LogP contribution < -0.4 is 0 Å². The van der Waals surface area contributed by atoms with Crippen LogP contribution in [0.25, 0.3) is 0 Å². The summed E-state index contributed by atoms with van der Waals surface area (Å²) >= 11 is 2.11. The Morgan fingerprint density at radius 3 is 1.92 bits per heavy atom. The molecule has 74 valence electrons. The monoisotopic (exact) mass is 188 g/mol. The molecule has 0 saturated carbocycles. The Morgan fingerprint density at radius 2 is 1.50 bits per heavy atom. The Labute approximate surface area is 82.5 Å². The fourth-order valence-electron chi connectivity index (χ4n) is 1.35.